The molecule has 1 unspecified atom stereocenters. The molecular weight excluding hydrogens is 348 g/mol. The minimum absolute atomic E-state index is 0.0454. The topological polar surface area (TPSA) is 105 Å². The fraction of sp³-hybridized carbons (Fsp3) is 0.600. The Bertz CT molecular complexity index is 748. The molecule has 1 aromatic rings. The molecule has 2 aliphatic heterocycles. The molecule has 1 atom stereocenters. The van der Waals surface area contributed by atoms with Crippen LogP contribution in [0.5, 0.6) is 5.75 Å². The van der Waals surface area contributed by atoms with Crippen molar-refractivity contribution in [3.8, 4) is 5.75 Å². The summed E-state index contributed by atoms with van der Waals surface area (Å²) < 4.78 is 32.1. The van der Waals surface area contributed by atoms with Crippen molar-refractivity contribution < 1.29 is 18.1 Å². The van der Waals surface area contributed by atoms with Gasteiger partial charge in [0.25, 0.3) is 0 Å². The first-order chi connectivity index (χ1) is 11.9. The normalized spacial score (nSPS) is 22.8. The summed E-state index contributed by atoms with van der Waals surface area (Å²) in [6, 6.07) is 3.96. The number of piperazine rings is 1. The van der Waals surface area contributed by atoms with Crippen molar-refractivity contribution in [2.24, 2.45) is 0 Å². The minimum Gasteiger partial charge on any atom is -0.490 e. The van der Waals surface area contributed by atoms with E-state index in [-0.39, 0.29) is 22.4 Å². The molecule has 0 radical (unpaired) electrons. The van der Waals surface area contributed by atoms with Gasteiger partial charge in [-0.1, -0.05) is 0 Å². The lowest BCUT2D eigenvalue weighted by atomic mass is 10.2. The Labute approximate surface area is 146 Å². The predicted molar refractivity (Wildman–Crippen MR) is 91.3 cm³/mol. The number of sulfonamides is 1. The van der Waals surface area contributed by atoms with E-state index in [9.17, 15) is 18.5 Å². The zero-order chi connectivity index (χ0) is 18.0. The second kappa shape index (κ2) is 7.24. The Morgan fingerprint density at radius 3 is 2.64 bits per heavy atom. The van der Waals surface area contributed by atoms with Crippen LogP contribution >= 0.6 is 0 Å². The number of rotatable bonds is 5. The number of nitro groups is 1. The maximum Gasteiger partial charge on any atom is 0.312 e. The quantitative estimate of drug-likeness (QED) is 0.586. The van der Waals surface area contributed by atoms with Crippen LogP contribution in [0.1, 0.15) is 6.42 Å². The third kappa shape index (κ3) is 3.61. The first-order valence-corrected chi connectivity index (χ1v) is 9.65. The second-order valence-corrected chi connectivity index (χ2v) is 8.12. The smallest absolute Gasteiger partial charge is 0.312 e. The number of nitrogens with zero attached hydrogens (tertiary/aromatic N) is 3. The van der Waals surface area contributed by atoms with E-state index in [2.05, 4.69) is 10.2 Å². The molecule has 0 amide bonds. The molecule has 0 bridgehead atoms. The molecular formula is C15H22N4O5S. The Kier molecular flexibility index (Phi) is 5.23. The number of nitrogens with one attached hydrogen (secondary N) is 1. The van der Waals surface area contributed by atoms with Crippen molar-refractivity contribution in [1.29, 1.82) is 0 Å². The molecule has 1 N–H and O–H groups in total. The highest BCUT2D eigenvalue weighted by atomic mass is 32.2. The number of hydrogen-bond acceptors (Lipinski definition) is 7. The Hall–Kier alpha value is -1.75. The minimum atomic E-state index is -3.76. The van der Waals surface area contributed by atoms with Gasteiger partial charge in [0, 0.05) is 51.4 Å². The van der Waals surface area contributed by atoms with E-state index in [1.54, 1.807) is 0 Å². The Morgan fingerprint density at radius 1 is 1.28 bits per heavy atom. The van der Waals surface area contributed by atoms with Gasteiger partial charge in [-0.3, -0.25) is 15.0 Å². The summed E-state index contributed by atoms with van der Waals surface area (Å²) in [5.74, 6) is 0.0454. The van der Waals surface area contributed by atoms with Crippen molar-refractivity contribution in [2.45, 2.75) is 17.4 Å². The van der Waals surface area contributed by atoms with Crippen LogP contribution < -0.4 is 10.1 Å². The summed E-state index contributed by atoms with van der Waals surface area (Å²) in [4.78, 5) is 12.8. The van der Waals surface area contributed by atoms with E-state index < -0.39 is 14.9 Å². The zero-order valence-electron chi connectivity index (χ0n) is 14.1. The first kappa shape index (κ1) is 18.1. The molecule has 2 aliphatic rings. The molecule has 25 heavy (non-hydrogen) atoms. The van der Waals surface area contributed by atoms with Gasteiger partial charge in [0.2, 0.25) is 10.0 Å². The van der Waals surface area contributed by atoms with Gasteiger partial charge in [0.15, 0.2) is 5.75 Å². The van der Waals surface area contributed by atoms with Crippen LogP contribution in [0.2, 0.25) is 0 Å². The van der Waals surface area contributed by atoms with E-state index in [0.29, 0.717) is 13.1 Å². The number of nitro benzene ring substituents is 1. The lowest BCUT2D eigenvalue weighted by Crippen LogP contribution is -2.49. The summed E-state index contributed by atoms with van der Waals surface area (Å²) in [6.07, 6.45) is 0.775. The summed E-state index contributed by atoms with van der Waals surface area (Å²) in [6.45, 7) is 4.49. The highest BCUT2D eigenvalue weighted by Crippen LogP contribution is 2.32. The molecule has 0 aromatic heterocycles. The molecule has 3 rings (SSSR count). The Balaban J connectivity index is 1.80. The highest BCUT2D eigenvalue weighted by Gasteiger charge is 2.36. The monoisotopic (exact) mass is 370 g/mol. The lowest BCUT2D eigenvalue weighted by molar-refractivity contribution is -0.386. The van der Waals surface area contributed by atoms with Crippen molar-refractivity contribution in [3.05, 3.63) is 28.3 Å². The van der Waals surface area contributed by atoms with E-state index >= 15 is 0 Å². The largest absolute Gasteiger partial charge is 0.490 e. The number of ether oxygens (including phenoxy) is 1. The number of benzene rings is 1. The average Bonchev–Trinajstić information content (AvgIpc) is 3.12. The molecule has 2 fully saturated rings. The molecule has 0 aliphatic carbocycles. The number of methoxy groups -OCH3 is 1. The summed E-state index contributed by atoms with van der Waals surface area (Å²) in [7, 11) is -2.45. The van der Waals surface area contributed by atoms with E-state index in [1.807, 2.05) is 0 Å². The van der Waals surface area contributed by atoms with Gasteiger partial charge in [-0.2, -0.15) is 4.31 Å². The average molecular weight is 370 g/mol. The lowest BCUT2D eigenvalue weighted by Gasteiger charge is -2.32. The van der Waals surface area contributed by atoms with E-state index in [1.165, 1.54) is 23.5 Å². The van der Waals surface area contributed by atoms with Crippen LogP contribution in [0.25, 0.3) is 0 Å². The summed E-state index contributed by atoms with van der Waals surface area (Å²) in [5.41, 5.74) is -0.346. The van der Waals surface area contributed by atoms with Gasteiger partial charge in [0.1, 0.15) is 0 Å². The fourth-order valence-electron chi connectivity index (χ4n) is 3.40. The molecule has 0 spiro atoms. The van der Waals surface area contributed by atoms with Gasteiger partial charge in [0.05, 0.1) is 16.9 Å². The highest BCUT2D eigenvalue weighted by molar-refractivity contribution is 7.89. The van der Waals surface area contributed by atoms with E-state index in [4.69, 9.17) is 4.74 Å². The van der Waals surface area contributed by atoms with Crippen LogP contribution in [0.4, 0.5) is 5.69 Å². The van der Waals surface area contributed by atoms with Gasteiger partial charge < -0.3 is 10.1 Å². The van der Waals surface area contributed by atoms with Crippen LogP contribution in [-0.2, 0) is 10.0 Å². The molecule has 2 saturated heterocycles. The SMILES string of the molecule is COc1ccc(S(=O)(=O)N2CCC(N3CCNCC3)C2)cc1[N+](=O)[O-]. The molecule has 138 valence electrons. The third-order valence-electron chi connectivity index (χ3n) is 4.78. The Morgan fingerprint density at radius 2 is 2.00 bits per heavy atom. The van der Waals surface area contributed by atoms with Crippen LogP contribution in [0, 0.1) is 10.1 Å². The fourth-order valence-corrected chi connectivity index (χ4v) is 4.91. The van der Waals surface area contributed by atoms with Gasteiger partial charge in [-0.15, -0.1) is 0 Å². The summed E-state index contributed by atoms with van der Waals surface area (Å²) in [5, 5.41) is 14.4. The van der Waals surface area contributed by atoms with Gasteiger partial charge in [-0.05, 0) is 18.6 Å². The molecule has 0 saturated carbocycles. The van der Waals surface area contributed by atoms with E-state index in [0.717, 1.165) is 38.7 Å². The van der Waals surface area contributed by atoms with Gasteiger partial charge in [-0.25, -0.2) is 8.42 Å². The molecule has 9 nitrogen and oxygen atoms in total. The molecule has 10 heteroatoms. The van der Waals surface area contributed by atoms with Crippen LogP contribution in [-0.4, -0.2) is 75.0 Å². The van der Waals surface area contributed by atoms with Crippen LogP contribution in [0.15, 0.2) is 23.1 Å². The van der Waals surface area contributed by atoms with Crippen molar-refractivity contribution >= 4 is 15.7 Å². The standard InChI is InChI=1S/C15H22N4O5S/c1-24-15-3-2-13(10-14(15)19(20)21)25(22,23)18-7-4-12(11-18)17-8-5-16-6-9-17/h2-3,10,12,16H,4-9,11H2,1H3. The second-order valence-electron chi connectivity index (χ2n) is 6.18. The van der Waals surface area contributed by atoms with Crippen molar-refractivity contribution in [1.82, 2.24) is 14.5 Å². The maximum absolute atomic E-state index is 12.9. The first-order valence-electron chi connectivity index (χ1n) is 8.21. The molecule has 2 heterocycles. The third-order valence-corrected chi connectivity index (χ3v) is 6.64. The van der Waals surface area contributed by atoms with Gasteiger partial charge >= 0.3 is 5.69 Å². The van der Waals surface area contributed by atoms with Crippen LogP contribution in [0.3, 0.4) is 0 Å². The van der Waals surface area contributed by atoms with Crippen molar-refractivity contribution in [3.63, 3.8) is 0 Å². The summed E-state index contributed by atoms with van der Waals surface area (Å²) >= 11 is 0. The molecule has 1 aromatic carbocycles. The predicted octanol–water partition coefficient (Wildman–Crippen LogP) is 0.272. The number of hydrogen-bond donors (Lipinski definition) is 1. The maximum atomic E-state index is 12.9. The zero-order valence-corrected chi connectivity index (χ0v) is 14.9. The van der Waals surface area contributed by atoms with Crippen molar-refractivity contribution in [2.75, 3.05) is 46.4 Å².